The number of nitrogens with zero attached hydrogens (tertiary/aromatic N) is 2. The number of aromatic nitrogens is 2. The first kappa shape index (κ1) is 20.3. The Bertz CT molecular complexity index is 1060. The van der Waals surface area contributed by atoms with Crippen molar-refractivity contribution in [3.8, 4) is 23.0 Å². The summed E-state index contributed by atoms with van der Waals surface area (Å²) in [6.07, 6.45) is 0.741. The lowest BCUT2D eigenvalue weighted by molar-refractivity contribution is 0.354. The Morgan fingerprint density at radius 2 is 1.52 bits per heavy atom. The minimum atomic E-state index is -0.232. The number of aromatic amines is 1. The zero-order chi connectivity index (χ0) is 21.0. The maximum atomic E-state index is 12.6. The van der Waals surface area contributed by atoms with Crippen molar-refractivity contribution in [1.82, 2.24) is 9.97 Å². The first-order valence-electron chi connectivity index (χ1n) is 9.08. The standard InChI is InChI=1S/C21H25N3O5/c1-24(9-8-13-6-7-16(26-2)17(10-13)27-3)21-22-15-12-19(29-5)18(28-4)11-14(15)20(25)23-21/h6-7,10-12H,8-9H2,1-5H3,(H,22,23,25). The Labute approximate surface area is 169 Å². The van der Waals surface area contributed by atoms with Gasteiger partial charge >= 0.3 is 0 Å². The molecule has 0 unspecified atom stereocenters. The molecule has 1 N–H and O–H groups in total. The van der Waals surface area contributed by atoms with Crippen LogP contribution in [0.1, 0.15) is 5.56 Å². The van der Waals surface area contributed by atoms with Gasteiger partial charge in [0.15, 0.2) is 23.0 Å². The molecule has 29 heavy (non-hydrogen) atoms. The molecule has 8 nitrogen and oxygen atoms in total. The summed E-state index contributed by atoms with van der Waals surface area (Å²) in [5.41, 5.74) is 1.40. The first-order valence-corrected chi connectivity index (χ1v) is 9.08. The third-order valence-corrected chi connectivity index (χ3v) is 4.74. The first-order chi connectivity index (χ1) is 14.0. The molecule has 0 amide bonds. The number of nitrogens with one attached hydrogen (secondary N) is 1. The summed E-state index contributed by atoms with van der Waals surface area (Å²) < 4.78 is 21.2. The highest BCUT2D eigenvalue weighted by molar-refractivity contribution is 5.82. The maximum absolute atomic E-state index is 12.6. The summed E-state index contributed by atoms with van der Waals surface area (Å²) >= 11 is 0. The topological polar surface area (TPSA) is 85.9 Å². The highest BCUT2D eigenvalue weighted by Crippen LogP contribution is 2.30. The second kappa shape index (κ2) is 8.72. The molecule has 0 saturated carbocycles. The van der Waals surface area contributed by atoms with Gasteiger partial charge in [0.1, 0.15) is 0 Å². The number of H-pyrrole nitrogens is 1. The van der Waals surface area contributed by atoms with E-state index in [0.717, 1.165) is 12.0 Å². The number of ether oxygens (including phenoxy) is 4. The molecular weight excluding hydrogens is 374 g/mol. The average Bonchev–Trinajstić information content (AvgIpc) is 2.76. The monoisotopic (exact) mass is 399 g/mol. The summed E-state index contributed by atoms with van der Waals surface area (Å²) in [6, 6.07) is 9.15. The number of rotatable bonds is 8. The molecule has 0 bridgehead atoms. The van der Waals surface area contributed by atoms with Crippen molar-refractivity contribution in [2.45, 2.75) is 6.42 Å². The molecule has 0 fully saturated rings. The summed E-state index contributed by atoms with van der Waals surface area (Å²) in [5, 5.41) is 0.444. The summed E-state index contributed by atoms with van der Waals surface area (Å²) in [5.74, 6) is 2.87. The fraction of sp³-hybridized carbons (Fsp3) is 0.333. The van der Waals surface area contributed by atoms with Crippen LogP contribution in [0.4, 0.5) is 5.95 Å². The number of fused-ring (bicyclic) bond motifs is 1. The van der Waals surface area contributed by atoms with Gasteiger partial charge in [-0.15, -0.1) is 0 Å². The van der Waals surface area contributed by atoms with E-state index in [1.165, 1.54) is 7.11 Å². The lowest BCUT2D eigenvalue weighted by atomic mass is 10.1. The van der Waals surface area contributed by atoms with Gasteiger partial charge in [-0.05, 0) is 30.2 Å². The normalized spacial score (nSPS) is 10.7. The van der Waals surface area contributed by atoms with E-state index in [1.54, 1.807) is 33.5 Å². The molecule has 0 aliphatic rings. The summed E-state index contributed by atoms with van der Waals surface area (Å²) in [6.45, 7) is 0.650. The number of methoxy groups -OCH3 is 4. The van der Waals surface area contributed by atoms with Crippen molar-refractivity contribution < 1.29 is 18.9 Å². The smallest absolute Gasteiger partial charge is 0.260 e. The van der Waals surface area contributed by atoms with E-state index >= 15 is 0 Å². The predicted molar refractivity (Wildman–Crippen MR) is 112 cm³/mol. The van der Waals surface area contributed by atoms with Crippen molar-refractivity contribution in [1.29, 1.82) is 0 Å². The van der Waals surface area contributed by atoms with E-state index in [9.17, 15) is 4.79 Å². The fourth-order valence-corrected chi connectivity index (χ4v) is 3.07. The molecule has 0 atom stereocenters. The Kier molecular flexibility index (Phi) is 6.11. The van der Waals surface area contributed by atoms with E-state index in [2.05, 4.69) is 9.97 Å². The summed E-state index contributed by atoms with van der Waals surface area (Å²) in [7, 11) is 8.18. The third-order valence-electron chi connectivity index (χ3n) is 4.74. The number of likely N-dealkylation sites (N-methyl/N-ethyl adjacent to an activating group) is 1. The number of hydrogen-bond acceptors (Lipinski definition) is 7. The van der Waals surface area contributed by atoms with Crippen LogP contribution in [0.5, 0.6) is 23.0 Å². The van der Waals surface area contributed by atoms with Crippen molar-refractivity contribution in [2.24, 2.45) is 0 Å². The molecule has 0 aliphatic carbocycles. The molecule has 0 saturated heterocycles. The van der Waals surface area contributed by atoms with Crippen LogP contribution in [-0.4, -0.2) is 52.0 Å². The van der Waals surface area contributed by atoms with Crippen LogP contribution in [-0.2, 0) is 6.42 Å². The molecule has 0 radical (unpaired) electrons. The van der Waals surface area contributed by atoms with Gasteiger partial charge in [-0.1, -0.05) is 6.07 Å². The van der Waals surface area contributed by atoms with Crippen molar-refractivity contribution >= 4 is 16.9 Å². The van der Waals surface area contributed by atoms with Gasteiger partial charge in [0.2, 0.25) is 5.95 Å². The van der Waals surface area contributed by atoms with E-state index in [1.807, 2.05) is 30.1 Å². The van der Waals surface area contributed by atoms with E-state index < -0.39 is 0 Å². The molecular formula is C21H25N3O5. The Hall–Kier alpha value is -3.42. The maximum Gasteiger partial charge on any atom is 0.260 e. The average molecular weight is 399 g/mol. The lowest BCUT2D eigenvalue weighted by Gasteiger charge is -2.18. The molecule has 3 rings (SSSR count). The van der Waals surface area contributed by atoms with Gasteiger partial charge in [0, 0.05) is 19.7 Å². The van der Waals surface area contributed by atoms with Gasteiger partial charge in [-0.25, -0.2) is 4.98 Å². The van der Waals surface area contributed by atoms with Crippen LogP contribution in [0.3, 0.4) is 0 Å². The van der Waals surface area contributed by atoms with Crippen LogP contribution < -0.4 is 29.4 Å². The van der Waals surface area contributed by atoms with Crippen molar-refractivity contribution in [3.05, 3.63) is 46.2 Å². The second-order valence-corrected chi connectivity index (χ2v) is 6.47. The van der Waals surface area contributed by atoms with E-state index in [4.69, 9.17) is 18.9 Å². The minimum absolute atomic E-state index is 0.232. The van der Waals surface area contributed by atoms with Crippen LogP contribution in [0.25, 0.3) is 10.9 Å². The molecule has 2 aromatic carbocycles. The lowest BCUT2D eigenvalue weighted by Crippen LogP contribution is -2.25. The molecule has 8 heteroatoms. The zero-order valence-corrected chi connectivity index (χ0v) is 17.2. The predicted octanol–water partition coefficient (Wildman–Crippen LogP) is 2.64. The van der Waals surface area contributed by atoms with E-state index in [0.29, 0.717) is 46.4 Å². The van der Waals surface area contributed by atoms with E-state index in [-0.39, 0.29) is 5.56 Å². The largest absolute Gasteiger partial charge is 0.493 e. The third kappa shape index (κ3) is 4.21. The molecule has 154 valence electrons. The molecule has 0 aliphatic heterocycles. The Balaban J connectivity index is 1.83. The van der Waals surface area contributed by atoms with Crippen molar-refractivity contribution in [2.75, 3.05) is 46.9 Å². The van der Waals surface area contributed by atoms with Crippen molar-refractivity contribution in [3.63, 3.8) is 0 Å². The van der Waals surface area contributed by atoms with Gasteiger partial charge in [-0.3, -0.25) is 9.78 Å². The number of hydrogen-bond donors (Lipinski definition) is 1. The van der Waals surface area contributed by atoms with Crippen LogP contribution in [0, 0.1) is 0 Å². The Morgan fingerprint density at radius 3 is 2.17 bits per heavy atom. The SMILES string of the molecule is COc1ccc(CCN(C)c2nc3cc(OC)c(OC)cc3c(=O)[nH]2)cc1OC. The van der Waals surface area contributed by atoms with Gasteiger partial charge in [-0.2, -0.15) is 0 Å². The van der Waals surface area contributed by atoms with Gasteiger partial charge in [0.05, 0.1) is 39.3 Å². The van der Waals surface area contributed by atoms with Gasteiger partial charge in [0.25, 0.3) is 5.56 Å². The highest BCUT2D eigenvalue weighted by atomic mass is 16.5. The zero-order valence-electron chi connectivity index (χ0n) is 17.2. The molecule has 3 aromatic rings. The second-order valence-electron chi connectivity index (χ2n) is 6.47. The van der Waals surface area contributed by atoms with Crippen LogP contribution in [0.15, 0.2) is 35.1 Å². The Morgan fingerprint density at radius 1 is 0.897 bits per heavy atom. The minimum Gasteiger partial charge on any atom is -0.493 e. The molecule has 1 aromatic heterocycles. The van der Waals surface area contributed by atoms with Gasteiger partial charge < -0.3 is 23.8 Å². The number of benzene rings is 2. The molecule has 0 spiro atoms. The van der Waals surface area contributed by atoms with Crippen LogP contribution >= 0.6 is 0 Å². The quantitative estimate of drug-likeness (QED) is 0.623. The fourth-order valence-electron chi connectivity index (χ4n) is 3.07. The number of anilines is 1. The van der Waals surface area contributed by atoms with Crippen LogP contribution in [0.2, 0.25) is 0 Å². The summed E-state index contributed by atoms with van der Waals surface area (Å²) in [4.78, 5) is 21.9. The highest BCUT2D eigenvalue weighted by Gasteiger charge is 2.13. The molecule has 1 heterocycles.